The molecule has 0 bridgehead atoms. The molecule has 0 aliphatic rings. The fourth-order valence-corrected chi connectivity index (χ4v) is 3.69. The summed E-state index contributed by atoms with van der Waals surface area (Å²) in [4.78, 5) is 14.5. The highest BCUT2D eigenvalue weighted by molar-refractivity contribution is 6.03. The molecule has 154 valence electrons. The maximum atomic E-state index is 4.29. The van der Waals surface area contributed by atoms with E-state index in [0.29, 0.717) is 0 Å². The van der Waals surface area contributed by atoms with E-state index in [1.807, 2.05) is 36.4 Å². The summed E-state index contributed by atoms with van der Waals surface area (Å²) in [6.45, 7) is 0. The molecule has 2 heterocycles. The average Bonchev–Trinajstić information content (AvgIpc) is 3.55. The predicted octanol–water partition coefficient (Wildman–Crippen LogP) is 7.12. The molecule has 32 heavy (non-hydrogen) atoms. The van der Waals surface area contributed by atoms with Crippen molar-refractivity contribution in [2.45, 2.75) is 0 Å². The molecule has 0 spiro atoms. The Labute approximate surface area is 185 Å². The van der Waals surface area contributed by atoms with Gasteiger partial charge >= 0.3 is 0 Å². The van der Waals surface area contributed by atoms with Gasteiger partial charge in [0, 0.05) is 5.39 Å². The van der Waals surface area contributed by atoms with Crippen LogP contribution in [0.2, 0.25) is 0 Å². The maximum Gasteiger partial charge on any atom is 0.0960 e. The number of H-pyrrole nitrogens is 2. The molecule has 0 saturated heterocycles. The van der Waals surface area contributed by atoms with Crippen LogP contribution in [0.5, 0.6) is 0 Å². The molecule has 0 aliphatic carbocycles. The van der Waals surface area contributed by atoms with E-state index < -0.39 is 0 Å². The Morgan fingerprint density at radius 2 is 1.00 bits per heavy atom. The van der Waals surface area contributed by atoms with Gasteiger partial charge in [-0.05, 0) is 34.4 Å². The molecule has 4 heteroatoms. The molecule has 0 saturated carbocycles. The molecule has 4 nitrogen and oxygen atoms in total. The van der Waals surface area contributed by atoms with E-state index in [-0.39, 0.29) is 0 Å². The van der Waals surface area contributed by atoms with Gasteiger partial charge < -0.3 is 9.97 Å². The Hall–Kier alpha value is -4.44. The normalized spacial score (nSPS) is 10.5. The van der Waals surface area contributed by atoms with Crippen molar-refractivity contribution in [2.24, 2.45) is 0 Å². The smallest absolute Gasteiger partial charge is 0.0960 e. The lowest BCUT2D eigenvalue weighted by Crippen LogP contribution is -1.74. The lowest BCUT2D eigenvalue weighted by Gasteiger charge is -1.96. The number of fused-ring (bicyclic) bond motifs is 5. The van der Waals surface area contributed by atoms with Crippen LogP contribution in [0.3, 0.4) is 0 Å². The second kappa shape index (κ2) is 9.14. The molecule has 2 N–H and O–H groups in total. The van der Waals surface area contributed by atoms with Gasteiger partial charge in [0.05, 0.1) is 34.7 Å². The summed E-state index contributed by atoms with van der Waals surface area (Å²) in [6.07, 6.45) is 3.43. The molecule has 0 radical (unpaired) electrons. The molecular formula is C28H22N4. The SMILES string of the molecule is c1ccc2[nH]cnc2c1.c1ccc2c(c1)ccc1[nH]cnc12.c1ccc2ccccc2c1. The van der Waals surface area contributed by atoms with Crippen LogP contribution in [0.25, 0.3) is 43.6 Å². The van der Waals surface area contributed by atoms with Crippen LogP contribution >= 0.6 is 0 Å². The summed E-state index contributed by atoms with van der Waals surface area (Å²) in [5.74, 6) is 0. The van der Waals surface area contributed by atoms with Crippen molar-refractivity contribution in [2.75, 3.05) is 0 Å². The number of hydrogen-bond donors (Lipinski definition) is 2. The zero-order valence-corrected chi connectivity index (χ0v) is 17.4. The lowest BCUT2D eigenvalue weighted by molar-refractivity contribution is 1.34. The van der Waals surface area contributed by atoms with Crippen molar-refractivity contribution in [3.8, 4) is 0 Å². The number of nitrogens with one attached hydrogen (secondary N) is 2. The molecule has 0 fully saturated rings. The van der Waals surface area contributed by atoms with Gasteiger partial charge in [-0.2, -0.15) is 0 Å². The van der Waals surface area contributed by atoms with Gasteiger partial charge in [0.2, 0.25) is 0 Å². The molecule has 2 aromatic heterocycles. The fourth-order valence-electron chi connectivity index (χ4n) is 3.69. The van der Waals surface area contributed by atoms with Gasteiger partial charge in [-0.15, -0.1) is 0 Å². The Morgan fingerprint density at radius 1 is 0.438 bits per heavy atom. The van der Waals surface area contributed by atoms with Crippen LogP contribution in [0.15, 0.2) is 122 Å². The van der Waals surface area contributed by atoms with Gasteiger partial charge in [0.15, 0.2) is 0 Å². The van der Waals surface area contributed by atoms with E-state index >= 15 is 0 Å². The van der Waals surface area contributed by atoms with Crippen LogP contribution in [0.4, 0.5) is 0 Å². The summed E-state index contributed by atoms with van der Waals surface area (Å²) >= 11 is 0. The molecule has 5 aromatic carbocycles. The minimum absolute atomic E-state index is 1.03. The molecule has 7 rings (SSSR count). The van der Waals surface area contributed by atoms with Gasteiger partial charge in [0.25, 0.3) is 0 Å². The Kier molecular flexibility index (Phi) is 5.58. The van der Waals surface area contributed by atoms with E-state index in [0.717, 1.165) is 22.1 Å². The van der Waals surface area contributed by atoms with Crippen molar-refractivity contribution in [3.63, 3.8) is 0 Å². The lowest BCUT2D eigenvalue weighted by atomic mass is 10.1. The van der Waals surface area contributed by atoms with E-state index in [2.05, 4.69) is 92.7 Å². The number of rotatable bonds is 0. The van der Waals surface area contributed by atoms with Gasteiger partial charge in [-0.1, -0.05) is 91.0 Å². The first-order valence-corrected chi connectivity index (χ1v) is 10.5. The van der Waals surface area contributed by atoms with Crippen molar-refractivity contribution in [3.05, 3.63) is 122 Å². The number of aromatic nitrogens is 4. The van der Waals surface area contributed by atoms with E-state index in [4.69, 9.17) is 0 Å². The quantitative estimate of drug-likeness (QED) is 0.278. The van der Waals surface area contributed by atoms with Gasteiger partial charge in [-0.3, -0.25) is 0 Å². The summed E-state index contributed by atoms with van der Waals surface area (Å²) < 4.78 is 0. The number of para-hydroxylation sites is 2. The molecule has 0 amide bonds. The molecule has 7 aromatic rings. The summed E-state index contributed by atoms with van der Waals surface area (Å²) in [5, 5.41) is 5.07. The fraction of sp³-hybridized carbons (Fsp3) is 0. The summed E-state index contributed by atoms with van der Waals surface area (Å²) in [7, 11) is 0. The molecular weight excluding hydrogens is 392 g/mol. The molecule has 0 unspecified atom stereocenters. The van der Waals surface area contributed by atoms with E-state index in [1.54, 1.807) is 12.7 Å². The number of imidazole rings is 2. The number of aromatic amines is 2. The Bertz CT molecular complexity index is 1500. The standard InChI is InChI=1S/C11H8N2.C10H8.C7H6N2/c1-2-4-9-8(3-1)5-6-10-11(9)13-7-12-10;1-2-6-10-8-4-3-7-9(10)5-1;1-2-4-7-6(3-1)8-5-9-7/h1-7H,(H,12,13);1-8H;1-5H,(H,8,9). The molecule has 0 aliphatic heterocycles. The molecule has 0 atom stereocenters. The van der Waals surface area contributed by atoms with Crippen LogP contribution in [0, 0.1) is 0 Å². The second-order valence-electron chi connectivity index (χ2n) is 7.35. The van der Waals surface area contributed by atoms with Gasteiger partial charge in [0.1, 0.15) is 0 Å². The van der Waals surface area contributed by atoms with E-state index in [9.17, 15) is 0 Å². The first-order valence-electron chi connectivity index (χ1n) is 10.5. The van der Waals surface area contributed by atoms with Crippen molar-refractivity contribution in [1.82, 2.24) is 19.9 Å². The number of benzene rings is 5. The van der Waals surface area contributed by atoms with Gasteiger partial charge in [-0.25, -0.2) is 9.97 Å². The summed E-state index contributed by atoms with van der Waals surface area (Å²) in [5.41, 5.74) is 4.27. The van der Waals surface area contributed by atoms with Crippen molar-refractivity contribution < 1.29 is 0 Å². The van der Waals surface area contributed by atoms with Crippen LogP contribution < -0.4 is 0 Å². The first-order chi connectivity index (χ1) is 15.9. The van der Waals surface area contributed by atoms with Crippen LogP contribution in [-0.4, -0.2) is 19.9 Å². The van der Waals surface area contributed by atoms with E-state index in [1.165, 1.54) is 21.5 Å². The highest BCUT2D eigenvalue weighted by Crippen LogP contribution is 2.21. The third-order valence-corrected chi connectivity index (χ3v) is 5.30. The number of hydrogen-bond acceptors (Lipinski definition) is 2. The monoisotopic (exact) mass is 414 g/mol. The largest absolute Gasteiger partial charge is 0.345 e. The minimum Gasteiger partial charge on any atom is -0.345 e. The third-order valence-electron chi connectivity index (χ3n) is 5.30. The van der Waals surface area contributed by atoms with Crippen LogP contribution in [0.1, 0.15) is 0 Å². The maximum absolute atomic E-state index is 4.29. The second-order valence-corrected chi connectivity index (χ2v) is 7.35. The van der Waals surface area contributed by atoms with Crippen molar-refractivity contribution in [1.29, 1.82) is 0 Å². The predicted molar refractivity (Wildman–Crippen MR) is 134 cm³/mol. The Balaban J connectivity index is 0.000000103. The first kappa shape index (κ1) is 19.5. The summed E-state index contributed by atoms with van der Waals surface area (Å²) in [6, 6.07) is 37.1. The minimum atomic E-state index is 1.03. The average molecular weight is 415 g/mol. The Morgan fingerprint density at radius 3 is 1.72 bits per heavy atom. The number of nitrogens with zero attached hydrogens (tertiary/aromatic N) is 2. The topological polar surface area (TPSA) is 57.4 Å². The zero-order chi connectivity index (χ0) is 21.6. The highest BCUT2D eigenvalue weighted by Gasteiger charge is 2.00. The highest BCUT2D eigenvalue weighted by atomic mass is 14.9. The van der Waals surface area contributed by atoms with Crippen molar-refractivity contribution >= 4 is 43.6 Å². The van der Waals surface area contributed by atoms with Crippen LogP contribution in [-0.2, 0) is 0 Å². The zero-order valence-electron chi connectivity index (χ0n) is 17.4. The third kappa shape index (κ3) is 4.20.